The SMILES string of the molecule is COCCN(C)CCCNC(=O)CCc1cccc(F)c1F. The van der Waals surface area contributed by atoms with Crippen molar-refractivity contribution in [2.24, 2.45) is 0 Å². The normalized spacial score (nSPS) is 11.0. The smallest absolute Gasteiger partial charge is 0.220 e. The quantitative estimate of drug-likeness (QED) is 0.672. The van der Waals surface area contributed by atoms with Crippen LogP contribution < -0.4 is 5.32 Å². The molecule has 0 spiro atoms. The van der Waals surface area contributed by atoms with E-state index in [4.69, 9.17) is 4.74 Å². The number of amides is 1. The molecular formula is C16H24F2N2O2. The standard InChI is InChI=1S/C16H24F2N2O2/c1-20(11-12-22-2)10-4-9-19-15(21)8-7-13-5-3-6-14(17)16(13)18/h3,5-6H,4,7-12H2,1-2H3,(H,19,21). The van der Waals surface area contributed by atoms with Crippen molar-refractivity contribution in [3.63, 3.8) is 0 Å². The number of methoxy groups -OCH3 is 1. The van der Waals surface area contributed by atoms with Gasteiger partial charge < -0.3 is 15.0 Å². The van der Waals surface area contributed by atoms with Gasteiger partial charge in [-0.15, -0.1) is 0 Å². The van der Waals surface area contributed by atoms with Crippen molar-refractivity contribution in [3.05, 3.63) is 35.4 Å². The van der Waals surface area contributed by atoms with Gasteiger partial charge >= 0.3 is 0 Å². The molecule has 124 valence electrons. The molecule has 0 aliphatic carbocycles. The summed E-state index contributed by atoms with van der Waals surface area (Å²) < 4.78 is 31.4. The molecule has 4 nitrogen and oxygen atoms in total. The highest BCUT2D eigenvalue weighted by Gasteiger charge is 2.09. The molecule has 0 aliphatic rings. The Morgan fingerprint density at radius 2 is 2.09 bits per heavy atom. The summed E-state index contributed by atoms with van der Waals surface area (Å²) >= 11 is 0. The zero-order valence-corrected chi connectivity index (χ0v) is 13.2. The number of ether oxygens (including phenoxy) is 1. The molecule has 1 amide bonds. The van der Waals surface area contributed by atoms with Crippen molar-refractivity contribution in [3.8, 4) is 0 Å². The number of hydrogen-bond acceptors (Lipinski definition) is 3. The summed E-state index contributed by atoms with van der Waals surface area (Å²) in [5.74, 6) is -1.89. The fourth-order valence-electron chi connectivity index (χ4n) is 2.01. The molecule has 1 rings (SSSR count). The minimum Gasteiger partial charge on any atom is -0.383 e. The van der Waals surface area contributed by atoms with Crippen LogP contribution in [0.3, 0.4) is 0 Å². The molecule has 0 radical (unpaired) electrons. The van der Waals surface area contributed by atoms with Crippen molar-refractivity contribution < 1.29 is 18.3 Å². The highest BCUT2D eigenvalue weighted by molar-refractivity contribution is 5.76. The average molecular weight is 314 g/mol. The third-order valence-corrected chi connectivity index (χ3v) is 3.37. The Bertz CT molecular complexity index is 469. The Morgan fingerprint density at radius 3 is 2.82 bits per heavy atom. The number of carbonyl (C=O) groups is 1. The summed E-state index contributed by atoms with van der Waals surface area (Å²) in [5.41, 5.74) is 0.231. The van der Waals surface area contributed by atoms with Crippen LogP contribution in [0.2, 0.25) is 0 Å². The van der Waals surface area contributed by atoms with Gasteiger partial charge in [-0.05, 0) is 38.1 Å². The number of likely N-dealkylation sites (N-methyl/N-ethyl adjacent to an activating group) is 1. The van der Waals surface area contributed by atoms with E-state index in [0.29, 0.717) is 13.2 Å². The van der Waals surface area contributed by atoms with Crippen molar-refractivity contribution in [1.82, 2.24) is 10.2 Å². The van der Waals surface area contributed by atoms with Crippen LogP contribution in [-0.2, 0) is 16.0 Å². The summed E-state index contributed by atoms with van der Waals surface area (Å²) in [6, 6.07) is 4.01. The fraction of sp³-hybridized carbons (Fsp3) is 0.562. The van der Waals surface area contributed by atoms with Gasteiger partial charge in [0.25, 0.3) is 0 Å². The molecule has 0 aliphatic heterocycles. The van der Waals surface area contributed by atoms with Crippen molar-refractivity contribution in [1.29, 1.82) is 0 Å². The maximum absolute atomic E-state index is 13.4. The summed E-state index contributed by atoms with van der Waals surface area (Å²) in [4.78, 5) is 13.8. The Balaban J connectivity index is 2.17. The molecule has 0 bridgehead atoms. The number of halogens is 2. The number of carbonyl (C=O) groups excluding carboxylic acids is 1. The van der Waals surface area contributed by atoms with Gasteiger partial charge in [0.15, 0.2) is 11.6 Å². The first-order chi connectivity index (χ1) is 10.5. The number of aryl methyl sites for hydroxylation is 1. The first-order valence-corrected chi connectivity index (χ1v) is 7.41. The van der Waals surface area contributed by atoms with E-state index in [2.05, 4.69) is 10.2 Å². The number of benzene rings is 1. The van der Waals surface area contributed by atoms with E-state index < -0.39 is 11.6 Å². The number of nitrogens with zero attached hydrogens (tertiary/aromatic N) is 1. The van der Waals surface area contributed by atoms with Crippen LogP contribution in [0, 0.1) is 11.6 Å². The Kier molecular flexibility index (Phi) is 8.62. The van der Waals surface area contributed by atoms with Crippen LogP contribution in [0.5, 0.6) is 0 Å². The minimum atomic E-state index is -0.878. The lowest BCUT2D eigenvalue weighted by Gasteiger charge is -2.15. The molecule has 0 saturated carbocycles. The summed E-state index contributed by atoms with van der Waals surface area (Å²) in [6.07, 6.45) is 1.18. The molecule has 0 unspecified atom stereocenters. The van der Waals surface area contributed by atoms with E-state index in [-0.39, 0.29) is 24.3 Å². The summed E-state index contributed by atoms with van der Waals surface area (Å²) in [5, 5.41) is 2.79. The van der Waals surface area contributed by atoms with E-state index in [1.807, 2.05) is 7.05 Å². The molecule has 0 aromatic heterocycles. The van der Waals surface area contributed by atoms with E-state index in [0.717, 1.165) is 25.6 Å². The molecule has 22 heavy (non-hydrogen) atoms. The van der Waals surface area contributed by atoms with Crippen LogP contribution in [0.15, 0.2) is 18.2 Å². The molecular weight excluding hydrogens is 290 g/mol. The summed E-state index contributed by atoms with van der Waals surface area (Å²) in [6.45, 7) is 2.97. The zero-order chi connectivity index (χ0) is 16.4. The van der Waals surface area contributed by atoms with E-state index >= 15 is 0 Å². The third kappa shape index (κ3) is 6.95. The predicted molar refractivity (Wildman–Crippen MR) is 81.7 cm³/mol. The first kappa shape index (κ1) is 18.5. The monoisotopic (exact) mass is 314 g/mol. The minimum absolute atomic E-state index is 0.150. The molecule has 1 aromatic carbocycles. The zero-order valence-electron chi connectivity index (χ0n) is 13.2. The third-order valence-electron chi connectivity index (χ3n) is 3.37. The van der Waals surface area contributed by atoms with Gasteiger partial charge in [-0.25, -0.2) is 8.78 Å². The Labute approximate surface area is 130 Å². The lowest BCUT2D eigenvalue weighted by Crippen LogP contribution is -2.29. The molecule has 0 heterocycles. The second-order valence-electron chi connectivity index (χ2n) is 5.21. The van der Waals surface area contributed by atoms with Gasteiger partial charge in [0.2, 0.25) is 5.91 Å². The predicted octanol–water partition coefficient (Wildman–Crippen LogP) is 1.98. The second-order valence-corrected chi connectivity index (χ2v) is 5.21. The molecule has 0 atom stereocenters. The number of hydrogen-bond donors (Lipinski definition) is 1. The lowest BCUT2D eigenvalue weighted by atomic mass is 10.1. The van der Waals surface area contributed by atoms with E-state index in [1.54, 1.807) is 7.11 Å². The van der Waals surface area contributed by atoms with Crippen molar-refractivity contribution in [2.75, 3.05) is 40.4 Å². The second kappa shape index (κ2) is 10.2. The maximum Gasteiger partial charge on any atom is 0.220 e. The van der Waals surface area contributed by atoms with Crippen LogP contribution in [-0.4, -0.2) is 51.2 Å². The van der Waals surface area contributed by atoms with Gasteiger partial charge in [0.05, 0.1) is 6.61 Å². The molecule has 6 heteroatoms. The highest BCUT2D eigenvalue weighted by Crippen LogP contribution is 2.12. The maximum atomic E-state index is 13.4. The first-order valence-electron chi connectivity index (χ1n) is 7.41. The lowest BCUT2D eigenvalue weighted by molar-refractivity contribution is -0.121. The van der Waals surface area contributed by atoms with Gasteiger partial charge in [-0.1, -0.05) is 12.1 Å². The number of rotatable bonds is 10. The van der Waals surface area contributed by atoms with Gasteiger partial charge in [-0.2, -0.15) is 0 Å². The topological polar surface area (TPSA) is 41.6 Å². The van der Waals surface area contributed by atoms with Gasteiger partial charge in [0, 0.05) is 26.6 Å². The molecule has 1 N–H and O–H groups in total. The highest BCUT2D eigenvalue weighted by atomic mass is 19.2. The van der Waals surface area contributed by atoms with Crippen LogP contribution in [0.1, 0.15) is 18.4 Å². The van der Waals surface area contributed by atoms with E-state index in [9.17, 15) is 13.6 Å². The molecule has 0 fully saturated rings. The van der Waals surface area contributed by atoms with Gasteiger partial charge in [0.1, 0.15) is 0 Å². The van der Waals surface area contributed by atoms with Crippen molar-refractivity contribution >= 4 is 5.91 Å². The van der Waals surface area contributed by atoms with Gasteiger partial charge in [-0.3, -0.25) is 4.79 Å². The van der Waals surface area contributed by atoms with Crippen LogP contribution in [0.25, 0.3) is 0 Å². The van der Waals surface area contributed by atoms with Crippen molar-refractivity contribution in [2.45, 2.75) is 19.3 Å². The average Bonchev–Trinajstić information content (AvgIpc) is 2.51. The van der Waals surface area contributed by atoms with Crippen LogP contribution >= 0.6 is 0 Å². The van der Waals surface area contributed by atoms with E-state index in [1.165, 1.54) is 12.1 Å². The Morgan fingerprint density at radius 1 is 1.32 bits per heavy atom. The van der Waals surface area contributed by atoms with Crippen LogP contribution in [0.4, 0.5) is 8.78 Å². The fourth-order valence-corrected chi connectivity index (χ4v) is 2.01. The number of nitrogens with one attached hydrogen (secondary N) is 1. The molecule has 0 saturated heterocycles. The summed E-state index contributed by atoms with van der Waals surface area (Å²) in [7, 11) is 3.66. The Hall–Kier alpha value is -1.53. The largest absolute Gasteiger partial charge is 0.383 e. The molecule has 1 aromatic rings.